The van der Waals surface area contributed by atoms with Gasteiger partial charge in [0.05, 0.1) is 32.2 Å². The molecule has 0 bridgehead atoms. The third-order valence-electron chi connectivity index (χ3n) is 5.10. The Balaban J connectivity index is 1.49. The second-order valence-corrected chi connectivity index (χ2v) is 7.19. The van der Waals surface area contributed by atoms with Gasteiger partial charge < -0.3 is 14.8 Å². The summed E-state index contributed by atoms with van der Waals surface area (Å²) in [6, 6.07) is 5.83. The summed E-state index contributed by atoms with van der Waals surface area (Å²) in [7, 11) is 3.34. The molecule has 4 aromatic rings. The van der Waals surface area contributed by atoms with Gasteiger partial charge in [-0.1, -0.05) is 6.92 Å². The SMILES string of the molecule is COCCn1ncc2cc(-c3cc(NCC(C)c4cnccc4OC)ncn3)cnc21. The first-order valence-corrected chi connectivity index (χ1v) is 10.0. The number of nitrogens with zero attached hydrogens (tertiary/aromatic N) is 6. The zero-order chi connectivity index (χ0) is 21.6. The van der Waals surface area contributed by atoms with Gasteiger partial charge >= 0.3 is 0 Å². The number of nitrogens with one attached hydrogen (secondary N) is 1. The van der Waals surface area contributed by atoms with Crippen molar-refractivity contribution in [2.75, 3.05) is 32.7 Å². The molecule has 0 radical (unpaired) electrons. The number of pyridine rings is 2. The molecule has 0 saturated carbocycles. The van der Waals surface area contributed by atoms with Crippen molar-refractivity contribution in [2.45, 2.75) is 19.4 Å². The van der Waals surface area contributed by atoms with Gasteiger partial charge in [-0.15, -0.1) is 0 Å². The van der Waals surface area contributed by atoms with Crippen molar-refractivity contribution in [3.63, 3.8) is 0 Å². The molecule has 4 rings (SSSR count). The molecule has 1 atom stereocenters. The average Bonchev–Trinajstić information content (AvgIpc) is 3.23. The van der Waals surface area contributed by atoms with Crippen LogP contribution in [0.1, 0.15) is 18.4 Å². The van der Waals surface area contributed by atoms with Gasteiger partial charge in [-0.2, -0.15) is 5.10 Å². The largest absolute Gasteiger partial charge is 0.496 e. The second kappa shape index (κ2) is 9.48. The van der Waals surface area contributed by atoms with Crippen molar-refractivity contribution in [1.29, 1.82) is 0 Å². The number of hydrogen-bond acceptors (Lipinski definition) is 8. The summed E-state index contributed by atoms with van der Waals surface area (Å²) < 4.78 is 12.4. The van der Waals surface area contributed by atoms with Crippen molar-refractivity contribution in [3.05, 3.63) is 54.9 Å². The maximum Gasteiger partial charge on any atom is 0.157 e. The van der Waals surface area contributed by atoms with Gasteiger partial charge in [0, 0.05) is 60.7 Å². The summed E-state index contributed by atoms with van der Waals surface area (Å²) in [4.78, 5) is 17.6. The number of hydrogen-bond donors (Lipinski definition) is 1. The van der Waals surface area contributed by atoms with Crippen LogP contribution in [0.15, 0.2) is 49.3 Å². The van der Waals surface area contributed by atoms with E-state index in [0.717, 1.165) is 39.4 Å². The zero-order valence-corrected chi connectivity index (χ0v) is 17.8. The van der Waals surface area contributed by atoms with Crippen LogP contribution in [-0.2, 0) is 11.3 Å². The van der Waals surface area contributed by atoms with E-state index in [4.69, 9.17) is 9.47 Å². The van der Waals surface area contributed by atoms with Gasteiger partial charge in [0.2, 0.25) is 0 Å². The summed E-state index contributed by atoms with van der Waals surface area (Å²) in [5.74, 6) is 1.77. The number of anilines is 1. The predicted octanol–water partition coefficient (Wildman–Crippen LogP) is 3.15. The van der Waals surface area contributed by atoms with E-state index in [2.05, 4.69) is 37.3 Å². The monoisotopic (exact) mass is 419 g/mol. The molecule has 160 valence electrons. The highest BCUT2D eigenvalue weighted by atomic mass is 16.5. The van der Waals surface area contributed by atoms with Crippen LogP contribution in [0.3, 0.4) is 0 Å². The average molecular weight is 419 g/mol. The van der Waals surface area contributed by atoms with Crippen LogP contribution in [0.25, 0.3) is 22.3 Å². The third-order valence-corrected chi connectivity index (χ3v) is 5.10. The summed E-state index contributed by atoms with van der Waals surface area (Å²) in [5, 5.41) is 8.73. The molecule has 0 spiro atoms. The number of ether oxygens (including phenoxy) is 2. The summed E-state index contributed by atoms with van der Waals surface area (Å²) >= 11 is 0. The molecular weight excluding hydrogens is 394 g/mol. The lowest BCUT2D eigenvalue weighted by atomic mass is 10.0. The first-order chi connectivity index (χ1) is 15.2. The van der Waals surface area contributed by atoms with Crippen LogP contribution in [0.4, 0.5) is 5.82 Å². The maximum atomic E-state index is 5.44. The molecule has 0 saturated heterocycles. The first-order valence-electron chi connectivity index (χ1n) is 10.0. The molecule has 0 fully saturated rings. The topological polar surface area (TPSA) is 99.9 Å². The van der Waals surface area contributed by atoms with Crippen LogP contribution in [0, 0.1) is 0 Å². The fraction of sp³-hybridized carbons (Fsp3) is 0.318. The Morgan fingerprint density at radius 2 is 2.00 bits per heavy atom. The van der Waals surface area contributed by atoms with E-state index >= 15 is 0 Å². The summed E-state index contributed by atoms with van der Waals surface area (Å²) in [6.07, 6.45) is 8.74. The van der Waals surface area contributed by atoms with Crippen molar-refractivity contribution in [2.24, 2.45) is 0 Å². The Kier molecular flexibility index (Phi) is 6.32. The van der Waals surface area contributed by atoms with Crippen LogP contribution in [-0.4, -0.2) is 57.1 Å². The van der Waals surface area contributed by atoms with E-state index in [1.54, 1.807) is 26.7 Å². The predicted molar refractivity (Wildman–Crippen MR) is 118 cm³/mol. The van der Waals surface area contributed by atoms with E-state index in [9.17, 15) is 0 Å². The van der Waals surface area contributed by atoms with E-state index < -0.39 is 0 Å². The van der Waals surface area contributed by atoms with Crippen molar-refractivity contribution >= 4 is 16.9 Å². The lowest BCUT2D eigenvalue weighted by Crippen LogP contribution is -2.12. The smallest absolute Gasteiger partial charge is 0.157 e. The van der Waals surface area contributed by atoms with Crippen molar-refractivity contribution < 1.29 is 9.47 Å². The second-order valence-electron chi connectivity index (χ2n) is 7.19. The number of aromatic nitrogens is 6. The van der Waals surface area contributed by atoms with Gasteiger partial charge in [0.15, 0.2) is 5.65 Å². The van der Waals surface area contributed by atoms with Gasteiger partial charge in [0.25, 0.3) is 0 Å². The van der Waals surface area contributed by atoms with E-state index in [0.29, 0.717) is 19.7 Å². The van der Waals surface area contributed by atoms with Gasteiger partial charge in [-0.25, -0.2) is 19.6 Å². The highest BCUT2D eigenvalue weighted by Crippen LogP contribution is 2.26. The lowest BCUT2D eigenvalue weighted by molar-refractivity contribution is 0.184. The highest BCUT2D eigenvalue weighted by Gasteiger charge is 2.13. The van der Waals surface area contributed by atoms with E-state index in [1.165, 1.54) is 0 Å². The van der Waals surface area contributed by atoms with Crippen LogP contribution in [0.5, 0.6) is 5.75 Å². The first kappa shape index (κ1) is 20.7. The van der Waals surface area contributed by atoms with E-state index in [-0.39, 0.29) is 5.92 Å². The molecule has 1 unspecified atom stereocenters. The molecule has 0 aromatic carbocycles. The quantitative estimate of drug-likeness (QED) is 0.442. The highest BCUT2D eigenvalue weighted by molar-refractivity contribution is 5.80. The van der Waals surface area contributed by atoms with Crippen molar-refractivity contribution in [1.82, 2.24) is 29.7 Å². The maximum absolute atomic E-state index is 5.44. The summed E-state index contributed by atoms with van der Waals surface area (Å²) in [5.41, 5.74) is 3.58. The Labute approximate surface area is 180 Å². The normalized spacial score (nSPS) is 12.1. The molecule has 0 amide bonds. The standard InChI is InChI=1S/C22H25N7O2/c1-15(18-13-23-5-4-20(18)31-3)10-24-21-9-19(26-14-27-21)16-8-17-12-28-29(6-7-30-2)22(17)25-11-16/h4-5,8-9,11-15H,6-7,10H2,1-3H3,(H,24,26,27). The molecule has 4 aromatic heterocycles. The molecular formula is C22H25N7O2. The fourth-order valence-electron chi connectivity index (χ4n) is 3.38. The number of fused-ring (bicyclic) bond motifs is 1. The zero-order valence-electron chi connectivity index (χ0n) is 17.8. The molecule has 0 aliphatic carbocycles. The molecule has 4 heterocycles. The summed E-state index contributed by atoms with van der Waals surface area (Å²) in [6.45, 7) is 4.05. The van der Waals surface area contributed by atoms with Crippen LogP contribution >= 0.6 is 0 Å². The van der Waals surface area contributed by atoms with Gasteiger partial charge in [-0.3, -0.25) is 4.98 Å². The van der Waals surface area contributed by atoms with Crippen molar-refractivity contribution in [3.8, 4) is 17.0 Å². The Hall–Kier alpha value is -3.59. The lowest BCUT2D eigenvalue weighted by Gasteiger charge is -2.16. The van der Waals surface area contributed by atoms with Gasteiger partial charge in [0.1, 0.15) is 17.9 Å². The van der Waals surface area contributed by atoms with E-state index in [1.807, 2.05) is 41.5 Å². The Bertz CT molecular complexity index is 1160. The molecule has 0 aliphatic heterocycles. The Morgan fingerprint density at radius 1 is 1.10 bits per heavy atom. The minimum Gasteiger partial charge on any atom is -0.496 e. The molecule has 1 N–H and O–H groups in total. The number of methoxy groups -OCH3 is 2. The Morgan fingerprint density at radius 3 is 2.84 bits per heavy atom. The van der Waals surface area contributed by atoms with Crippen LogP contribution < -0.4 is 10.1 Å². The molecule has 9 heteroatoms. The van der Waals surface area contributed by atoms with Crippen LogP contribution in [0.2, 0.25) is 0 Å². The third kappa shape index (κ3) is 4.61. The number of rotatable bonds is 9. The minimum absolute atomic E-state index is 0.193. The fourth-order valence-corrected chi connectivity index (χ4v) is 3.38. The molecule has 31 heavy (non-hydrogen) atoms. The molecule has 0 aliphatic rings. The molecule has 9 nitrogen and oxygen atoms in total. The van der Waals surface area contributed by atoms with Gasteiger partial charge in [-0.05, 0) is 12.1 Å². The minimum atomic E-state index is 0.193.